The highest BCUT2D eigenvalue weighted by molar-refractivity contribution is 9.10. The van der Waals surface area contributed by atoms with Crippen molar-refractivity contribution in [2.75, 3.05) is 18.7 Å². The topological polar surface area (TPSA) is 83.1 Å². The van der Waals surface area contributed by atoms with Crippen LogP contribution >= 0.6 is 15.9 Å². The molecule has 2 aromatic rings. The average Bonchev–Trinajstić information content (AvgIpc) is 3.39. The average molecular weight is 489 g/mol. The third-order valence-electron chi connectivity index (χ3n) is 5.39. The smallest absolute Gasteiger partial charge is 0.251 e. The number of ether oxygens (including phenoxy) is 2. The van der Waals surface area contributed by atoms with Gasteiger partial charge in [0, 0.05) is 16.9 Å². The van der Waals surface area contributed by atoms with Crippen LogP contribution in [0, 0.1) is 5.82 Å². The Morgan fingerprint density at radius 3 is 2.87 bits per heavy atom. The minimum Gasteiger partial charge on any atom is -0.454 e. The van der Waals surface area contributed by atoms with E-state index in [-0.39, 0.29) is 31.0 Å². The summed E-state index contributed by atoms with van der Waals surface area (Å²) in [5.41, 5.74) is 4.35. The van der Waals surface area contributed by atoms with E-state index >= 15 is 0 Å². The Labute approximate surface area is 185 Å². The molecule has 0 bridgehead atoms. The Hall–Kier alpha value is -3.11. The van der Waals surface area contributed by atoms with Gasteiger partial charge in [-0.2, -0.15) is 0 Å². The van der Waals surface area contributed by atoms with Gasteiger partial charge in [0.2, 0.25) is 12.7 Å². The van der Waals surface area contributed by atoms with Crippen molar-refractivity contribution in [1.29, 1.82) is 0 Å². The maximum atomic E-state index is 14.0. The number of hydrazine groups is 1. The van der Waals surface area contributed by atoms with Crippen molar-refractivity contribution < 1.29 is 23.5 Å². The lowest BCUT2D eigenvalue weighted by atomic mass is 10.0. The van der Waals surface area contributed by atoms with Crippen LogP contribution in [0.15, 0.2) is 53.3 Å². The standard InChI is InChI=1S/C21H18BrFN4O4/c22-13-2-3-15(14(23)8-13)24-20(28)10-26-5-6-27-17(21(26)29)9-16(25-27)12-1-4-18-19(7-12)31-11-30-18/h1-8,16-17,25H,9-11H2,(H,24,28). The third-order valence-corrected chi connectivity index (χ3v) is 5.89. The molecule has 0 spiro atoms. The van der Waals surface area contributed by atoms with E-state index in [4.69, 9.17) is 9.47 Å². The first-order chi connectivity index (χ1) is 15.0. The second-order valence-corrected chi connectivity index (χ2v) is 8.31. The van der Waals surface area contributed by atoms with Crippen LogP contribution in [0.4, 0.5) is 10.1 Å². The number of nitrogens with one attached hydrogen (secondary N) is 2. The van der Waals surface area contributed by atoms with E-state index in [0.29, 0.717) is 22.4 Å². The molecule has 2 atom stereocenters. The van der Waals surface area contributed by atoms with Crippen molar-refractivity contribution >= 4 is 33.4 Å². The first-order valence-corrected chi connectivity index (χ1v) is 10.4. The number of anilines is 1. The maximum absolute atomic E-state index is 14.0. The second kappa shape index (κ2) is 7.86. The number of fused-ring (bicyclic) bond motifs is 2. The molecule has 0 aromatic heterocycles. The largest absolute Gasteiger partial charge is 0.454 e. The van der Waals surface area contributed by atoms with E-state index in [0.717, 1.165) is 5.56 Å². The second-order valence-electron chi connectivity index (χ2n) is 7.39. The van der Waals surface area contributed by atoms with Gasteiger partial charge in [0.05, 0.1) is 11.7 Å². The Kier molecular flexibility index (Phi) is 5.03. The van der Waals surface area contributed by atoms with Crippen molar-refractivity contribution in [3.05, 3.63) is 64.7 Å². The summed E-state index contributed by atoms with van der Waals surface area (Å²) in [6.07, 6.45) is 3.81. The zero-order chi connectivity index (χ0) is 21.5. The molecule has 10 heteroatoms. The summed E-state index contributed by atoms with van der Waals surface area (Å²) < 4.78 is 25.3. The fourth-order valence-corrected chi connectivity index (χ4v) is 4.18. The van der Waals surface area contributed by atoms with Gasteiger partial charge in [0.15, 0.2) is 11.5 Å². The molecule has 3 aliphatic heterocycles. The van der Waals surface area contributed by atoms with Crippen LogP contribution in [0.3, 0.4) is 0 Å². The predicted octanol–water partition coefficient (Wildman–Crippen LogP) is 2.89. The van der Waals surface area contributed by atoms with E-state index in [1.165, 1.54) is 17.0 Å². The lowest BCUT2D eigenvalue weighted by Gasteiger charge is -2.31. The highest BCUT2D eigenvalue weighted by atomic mass is 79.9. The monoisotopic (exact) mass is 488 g/mol. The van der Waals surface area contributed by atoms with Gasteiger partial charge in [-0.05, 0) is 42.3 Å². The molecule has 2 unspecified atom stereocenters. The first-order valence-electron chi connectivity index (χ1n) is 9.66. The molecule has 2 N–H and O–H groups in total. The van der Waals surface area contributed by atoms with Crippen molar-refractivity contribution in [2.24, 2.45) is 0 Å². The van der Waals surface area contributed by atoms with Gasteiger partial charge in [-0.1, -0.05) is 22.0 Å². The molecule has 8 nitrogen and oxygen atoms in total. The SMILES string of the molecule is O=C(CN1C=CN2NC(c3ccc4c(c3)OCO4)CC2C1=O)Nc1ccc(Br)cc1F. The van der Waals surface area contributed by atoms with Gasteiger partial charge in [0.25, 0.3) is 5.91 Å². The highest BCUT2D eigenvalue weighted by Crippen LogP contribution is 2.37. The van der Waals surface area contributed by atoms with Gasteiger partial charge >= 0.3 is 0 Å². The fourth-order valence-electron chi connectivity index (χ4n) is 3.85. The number of amides is 2. The van der Waals surface area contributed by atoms with Crippen molar-refractivity contribution in [3.63, 3.8) is 0 Å². The molecule has 3 heterocycles. The Morgan fingerprint density at radius 2 is 2.03 bits per heavy atom. The van der Waals surface area contributed by atoms with Crippen molar-refractivity contribution in [1.82, 2.24) is 15.3 Å². The number of halogens is 2. The number of rotatable bonds is 4. The molecule has 0 saturated carbocycles. The van der Waals surface area contributed by atoms with E-state index in [1.807, 2.05) is 18.2 Å². The summed E-state index contributed by atoms with van der Waals surface area (Å²) in [5.74, 6) is 0.149. The predicted molar refractivity (Wildman–Crippen MR) is 112 cm³/mol. The molecule has 1 saturated heterocycles. The minimum absolute atomic E-state index is 0.0636. The molecular weight excluding hydrogens is 471 g/mol. The highest BCUT2D eigenvalue weighted by Gasteiger charge is 2.40. The molecule has 0 aliphatic carbocycles. The van der Waals surface area contributed by atoms with Crippen LogP contribution < -0.4 is 20.2 Å². The summed E-state index contributed by atoms with van der Waals surface area (Å²) in [4.78, 5) is 26.7. The summed E-state index contributed by atoms with van der Waals surface area (Å²) in [6.45, 7) is -0.00208. The molecule has 1 fully saturated rings. The molecule has 2 aromatic carbocycles. The molecule has 160 valence electrons. The molecular formula is C21H18BrFN4O4. The third kappa shape index (κ3) is 3.84. The van der Waals surface area contributed by atoms with Crippen LogP contribution in [0.2, 0.25) is 0 Å². The first kappa shape index (κ1) is 19.8. The zero-order valence-electron chi connectivity index (χ0n) is 16.2. The molecule has 3 aliphatic rings. The minimum atomic E-state index is -0.555. The Morgan fingerprint density at radius 1 is 1.19 bits per heavy atom. The van der Waals surface area contributed by atoms with Crippen LogP contribution in [-0.2, 0) is 9.59 Å². The van der Waals surface area contributed by atoms with E-state index in [2.05, 4.69) is 26.7 Å². The number of carbonyl (C=O) groups is 2. The van der Waals surface area contributed by atoms with Gasteiger partial charge in [-0.25, -0.2) is 9.82 Å². The van der Waals surface area contributed by atoms with E-state index in [9.17, 15) is 14.0 Å². The Balaban J connectivity index is 1.24. The zero-order valence-corrected chi connectivity index (χ0v) is 17.8. The van der Waals surface area contributed by atoms with Gasteiger partial charge in [0.1, 0.15) is 18.4 Å². The van der Waals surface area contributed by atoms with E-state index < -0.39 is 17.8 Å². The fraction of sp³-hybridized carbons (Fsp3) is 0.238. The summed E-state index contributed by atoms with van der Waals surface area (Å²) >= 11 is 3.17. The molecule has 31 heavy (non-hydrogen) atoms. The summed E-state index contributed by atoms with van der Waals surface area (Å²) in [5, 5.41) is 4.26. The van der Waals surface area contributed by atoms with Crippen molar-refractivity contribution in [2.45, 2.75) is 18.5 Å². The Bertz CT molecular complexity index is 1100. The maximum Gasteiger partial charge on any atom is 0.251 e. The number of nitrogens with zero attached hydrogens (tertiary/aromatic N) is 2. The van der Waals surface area contributed by atoms with Gasteiger partial charge in [-0.15, -0.1) is 0 Å². The van der Waals surface area contributed by atoms with Crippen LogP contribution in [0.5, 0.6) is 11.5 Å². The lowest BCUT2D eigenvalue weighted by molar-refractivity contribution is -0.137. The van der Waals surface area contributed by atoms with Crippen LogP contribution in [0.25, 0.3) is 0 Å². The number of hydrogen-bond donors (Lipinski definition) is 2. The van der Waals surface area contributed by atoms with Crippen LogP contribution in [0.1, 0.15) is 18.0 Å². The number of hydrogen-bond acceptors (Lipinski definition) is 6. The molecule has 2 amide bonds. The normalized spacial score (nSPS) is 21.4. The summed E-state index contributed by atoms with van der Waals surface area (Å²) in [7, 11) is 0. The van der Waals surface area contributed by atoms with Gasteiger partial charge < -0.3 is 24.7 Å². The molecule has 0 radical (unpaired) electrons. The quantitative estimate of drug-likeness (QED) is 0.688. The van der Waals surface area contributed by atoms with Gasteiger partial charge in [-0.3, -0.25) is 9.59 Å². The van der Waals surface area contributed by atoms with Crippen molar-refractivity contribution in [3.8, 4) is 11.5 Å². The van der Waals surface area contributed by atoms with Crippen LogP contribution in [-0.4, -0.2) is 41.1 Å². The van der Waals surface area contributed by atoms with E-state index in [1.54, 1.807) is 23.5 Å². The summed E-state index contributed by atoms with van der Waals surface area (Å²) in [6, 6.07) is 9.52. The lowest BCUT2D eigenvalue weighted by Crippen LogP contribution is -2.49. The number of benzene rings is 2. The molecule has 5 rings (SSSR count). The number of carbonyl (C=O) groups excluding carboxylic acids is 2.